The third-order valence-electron chi connectivity index (χ3n) is 3.72. The van der Waals surface area contributed by atoms with Gasteiger partial charge in [-0.25, -0.2) is 4.98 Å². The van der Waals surface area contributed by atoms with E-state index < -0.39 is 0 Å². The Balaban J connectivity index is 1.39. The Bertz CT molecular complexity index is 591. The highest BCUT2D eigenvalue weighted by Crippen LogP contribution is 2.15. The molecule has 0 aliphatic carbocycles. The van der Waals surface area contributed by atoms with Gasteiger partial charge in [0.2, 0.25) is 0 Å². The van der Waals surface area contributed by atoms with Crippen LogP contribution in [0.4, 0.5) is 0 Å². The highest BCUT2D eigenvalue weighted by atomic mass is 32.1. The largest absolute Gasteiger partial charge is 0.486 e. The molecule has 5 nitrogen and oxygen atoms in total. The van der Waals surface area contributed by atoms with Crippen LogP contribution in [0.25, 0.3) is 0 Å². The standard InChI is InChI=1S/C17H23N3O2S/c1-20-7-8-21-16(11-20)10-18-9-14-13-23-17(19-14)12-22-15-5-3-2-4-6-15/h2-6,13,16,18H,7-12H2,1H3. The molecule has 0 bridgehead atoms. The molecule has 0 amide bonds. The molecule has 1 aliphatic rings. The van der Waals surface area contributed by atoms with Crippen LogP contribution >= 0.6 is 11.3 Å². The second kappa shape index (κ2) is 8.40. The molecular weight excluding hydrogens is 310 g/mol. The van der Waals surface area contributed by atoms with Gasteiger partial charge in [0.15, 0.2) is 0 Å². The molecule has 0 radical (unpaired) electrons. The van der Waals surface area contributed by atoms with E-state index in [9.17, 15) is 0 Å². The Kier molecular flexibility index (Phi) is 5.99. The van der Waals surface area contributed by atoms with Crippen LogP contribution in [0.5, 0.6) is 5.75 Å². The van der Waals surface area contributed by atoms with Crippen molar-refractivity contribution in [2.24, 2.45) is 0 Å². The van der Waals surface area contributed by atoms with Crippen molar-refractivity contribution < 1.29 is 9.47 Å². The fourth-order valence-electron chi connectivity index (χ4n) is 2.51. The van der Waals surface area contributed by atoms with Gasteiger partial charge in [-0.1, -0.05) is 18.2 Å². The number of aromatic nitrogens is 1. The molecule has 1 aliphatic heterocycles. The minimum absolute atomic E-state index is 0.272. The Hall–Kier alpha value is -1.47. The van der Waals surface area contributed by atoms with Gasteiger partial charge in [0, 0.05) is 31.6 Å². The van der Waals surface area contributed by atoms with Crippen molar-refractivity contribution in [1.82, 2.24) is 15.2 Å². The van der Waals surface area contributed by atoms with E-state index in [1.54, 1.807) is 11.3 Å². The number of para-hydroxylation sites is 1. The second-order valence-electron chi connectivity index (χ2n) is 5.72. The first-order chi connectivity index (χ1) is 11.3. The number of likely N-dealkylation sites (N-methyl/N-ethyl adjacent to an activating group) is 1. The highest BCUT2D eigenvalue weighted by molar-refractivity contribution is 7.09. The summed E-state index contributed by atoms with van der Waals surface area (Å²) in [4.78, 5) is 6.91. The van der Waals surface area contributed by atoms with Gasteiger partial charge < -0.3 is 19.7 Å². The van der Waals surface area contributed by atoms with Crippen LogP contribution in [0.3, 0.4) is 0 Å². The van der Waals surface area contributed by atoms with E-state index in [1.165, 1.54) is 0 Å². The number of rotatable bonds is 7. The van der Waals surface area contributed by atoms with Gasteiger partial charge in [-0.3, -0.25) is 0 Å². The van der Waals surface area contributed by atoms with Crippen LogP contribution in [0.1, 0.15) is 10.7 Å². The molecule has 6 heteroatoms. The molecule has 2 aromatic rings. The zero-order valence-corrected chi connectivity index (χ0v) is 14.2. The lowest BCUT2D eigenvalue weighted by atomic mass is 10.3. The number of morpholine rings is 1. The summed E-state index contributed by atoms with van der Waals surface area (Å²) in [5, 5.41) is 6.52. The van der Waals surface area contributed by atoms with Crippen LogP contribution in [0.2, 0.25) is 0 Å². The third-order valence-corrected chi connectivity index (χ3v) is 4.60. The summed E-state index contributed by atoms with van der Waals surface area (Å²) in [7, 11) is 2.13. The zero-order chi connectivity index (χ0) is 15.9. The Morgan fingerprint density at radius 1 is 1.39 bits per heavy atom. The number of nitrogens with one attached hydrogen (secondary N) is 1. The molecule has 1 unspecified atom stereocenters. The molecule has 0 spiro atoms. The summed E-state index contributed by atoms with van der Waals surface area (Å²) >= 11 is 1.64. The molecular formula is C17H23N3O2S. The van der Waals surface area contributed by atoms with E-state index in [0.717, 1.165) is 49.2 Å². The molecule has 2 heterocycles. The van der Waals surface area contributed by atoms with Crippen molar-refractivity contribution >= 4 is 11.3 Å². The van der Waals surface area contributed by atoms with Gasteiger partial charge in [-0.15, -0.1) is 11.3 Å². The second-order valence-corrected chi connectivity index (χ2v) is 6.66. The van der Waals surface area contributed by atoms with Gasteiger partial charge in [0.1, 0.15) is 17.4 Å². The van der Waals surface area contributed by atoms with Gasteiger partial charge in [0.25, 0.3) is 0 Å². The van der Waals surface area contributed by atoms with Crippen LogP contribution < -0.4 is 10.1 Å². The number of thiazole rings is 1. The molecule has 0 saturated carbocycles. The third kappa shape index (κ3) is 5.28. The number of nitrogens with zero attached hydrogens (tertiary/aromatic N) is 2. The number of ether oxygens (including phenoxy) is 2. The minimum Gasteiger partial charge on any atom is -0.486 e. The zero-order valence-electron chi connectivity index (χ0n) is 13.4. The lowest BCUT2D eigenvalue weighted by Crippen LogP contribution is -2.44. The van der Waals surface area contributed by atoms with Crippen LogP contribution in [0.15, 0.2) is 35.7 Å². The predicted molar refractivity (Wildman–Crippen MR) is 91.8 cm³/mol. The maximum absolute atomic E-state index is 5.74. The summed E-state index contributed by atoms with van der Waals surface area (Å²) in [6.45, 7) is 4.97. The minimum atomic E-state index is 0.272. The van der Waals surface area contributed by atoms with Crippen molar-refractivity contribution in [3.05, 3.63) is 46.4 Å². The monoisotopic (exact) mass is 333 g/mol. The maximum Gasteiger partial charge on any atom is 0.140 e. The lowest BCUT2D eigenvalue weighted by molar-refractivity contribution is -0.0182. The number of benzene rings is 1. The molecule has 23 heavy (non-hydrogen) atoms. The molecule has 1 saturated heterocycles. The van der Waals surface area contributed by atoms with E-state index >= 15 is 0 Å². The fourth-order valence-corrected chi connectivity index (χ4v) is 3.21. The van der Waals surface area contributed by atoms with Gasteiger partial charge in [-0.2, -0.15) is 0 Å². The topological polar surface area (TPSA) is 46.6 Å². The van der Waals surface area contributed by atoms with Crippen molar-refractivity contribution in [2.45, 2.75) is 19.3 Å². The Morgan fingerprint density at radius 2 is 2.26 bits per heavy atom. The summed E-state index contributed by atoms with van der Waals surface area (Å²) in [6.07, 6.45) is 0.272. The van der Waals surface area contributed by atoms with Crippen LogP contribution in [-0.2, 0) is 17.9 Å². The van der Waals surface area contributed by atoms with Crippen molar-refractivity contribution in [3.63, 3.8) is 0 Å². The van der Waals surface area contributed by atoms with E-state index in [0.29, 0.717) is 6.61 Å². The SMILES string of the molecule is CN1CCOC(CNCc2csc(COc3ccccc3)n2)C1. The first-order valence-corrected chi connectivity index (χ1v) is 8.79. The molecule has 1 fully saturated rings. The highest BCUT2D eigenvalue weighted by Gasteiger charge is 2.17. The maximum atomic E-state index is 5.74. The van der Waals surface area contributed by atoms with Crippen molar-refractivity contribution in [1.29, 1.82) is 0 Å². The molecule has 1 aromatic heterocycles. The van der Waals surface area contributed by atoms with Gasteiger partial charge >= 0.3 is 0 Å². The van der Waals surface area contributed by atoms with Gasteiger partial charge in [0.05, 0.1) is 18.4 Å². The normalized spacial score (nSPS) is 18.9. The lowest BCUT2D eigenvalue weighted by Gasteiger charge is -2.30. The van der Waals surface area contributed by atoms with Gasteiger partial charge in [-0.05, 0) is 19.2 Å². The van der Waals surface area contributed by atoms with E-state index in [4.69, 9.17) is 9.47 Å². The summed E-state index contributed by atoms with van der Waals surface area (Å²) < 4.78 is 11.5. The average Bonchev–Trinajstić information content (AvgIpc) is 3.02. The Labute approximate surface area is 141 Å². The van der Waals surface area contributed by atoms with E-state index in [2.05, 4.69) is 27.6 Å². The van der Waals surface area contributed by atoms with Crippen molar-refractivity contribution in [3.8, 4) is 5.75 Å². The summed E-state index contributed by atoms with van der Waals surface area (Å²) in [6, 6.07) is 9.83. The molecule has 3 rings (SSSR count). The summed E-state index contributed by atoms with van der Waals surface area (Å²) in [5.74, 6) is 0.876. The molecule has 124 valence electrons. The van der Waals surface area contributed by atoms with Crippen molar-refractivity contribution in [2.75, 3.05) is 33.3 Å². The number of hydrogen-bond donors (Lipinski definition) is 1. The first-order valence-electron chi connectivity index (χ1n) is 7.91. The van der Waals surface area contributed by atoms with Crippen LogP contribution in [-0.4, -0.2) is 49.3 Å². The summed E-state index contributed by atoms with van der Waals surface area (Å²) in [5.41, 5.74) is 1.06. The van der Waals surface area contributed by atoms with E-state index in [1.807, 2.05) is 30.3 Å². The van der Waals surface area contributed by atoms with Crippen LogP contribution in [0, 0.1) is 0 Å². The average molecular weight is 333 g/mol. The Morgan fingerprint density at radius 3 is 3.09 bits per heavy atom. The molecule has 1 aromatic carbocycles. The number of hydrogen-bond acceptors (Lipinski definition) is 6. The fraction of sp³-hybridized carbons (Fsp3) is 0.471. The predicted octanol–water partition coefficient (Wildman–Crippen LogP) is 2.14. The van der Waals surface area contributed by atoms with E-state index in [-0.39, 0.29) is 6.10 Å². The molecule has 1 atom stereocenters. The quantitative estimate of drug-likeness (QED) is 0.841. The smallest absolute Gasteiger partial charge is 0.140 e. The molecule has 1 N–H and O–H groups in total. The first kappa shape index (κ1) is 16.4.